The van der Waals surface area contributed by atoms with Crippen LogP contribution < -0.4 is 10.9 Å². The van der Waals surface area contributed by atoms with Gasteiger partial charge in [-0.3, -0.25) is 4.79 Å². The lowest BCUT2D eigenvalue weighted by molar-refractivity contribution is -0.142. The number of fused-ring (bicyclic) bond motifs is 2. The molecule has 0 saturated heterocycles. The van der Waals surface area contributed by atoms with Crippen LogP contribution >= 0.6 is 0 Å². The van der Waals surface area contributed by atoms with E-state index in [1.807, 2.05) is 50.2 Å². The molecule has 7 heteroatoms. The lowest BCUT2D eigenvalue weighted by Crippen LogP contribution is -2.40. The normalized spacial score (nSPS) is 12.2. The molecule has 0 aliphatic carbocycles. The van der Waals surface area contributed by atoms with Gasteiger partial charge >= 0.3 is 11.6 Å². The minimum atomic E-state index is -1.06. The first kappa shape index (κ1) is 22.3. The number of carbonyl (C=O) groups is 2. The number of benzene rings is 2. The number of hydrogen-bond donors (Lipinski definition) is 2. The van der Waals surface area contributed by atoms with Crippen LogP contribution in [0.25, 0.3) is 33.1 Å². The maximum atomic E-state index is 12.6. The van der Waals surface area contributed by atoms with E-state index in [1.54, 1.807) is 12.3 Å². The summed E-state index contributed by atoms with van der Waals surface area (Å²) >= 11 is 0. The summed E-state index contributed by atoms with van der Waals surface area (Å²) in [5.74, 6) is -1.48. The van der Waals surface area contributed by atoms with Crippen molar-refractivity contribution in [3.8, 4) is 11.1 Å². The number of furan rings is 1. The van der Waals surface area contributed by atoms with Crippen molar-refractivity contribution in [2.75, 3.05) is 0 Å². The minimum Gasteiger partial charge on any atom is -0.480 e. The summed E-state index contributed by atoms with van der Waals surface area (Å²) in [5, 5.41) is 13.4. The number of carboxylic acids is 1. The maximum absolute atomic E-state index is 12.6. The number of aliphatic carboxylic acids is 1. The lowest BCUT2D eigenvalue weighted by Gasteiger charge is -2.13. The Bertz CT molecular complexity index is 1380. The number of carboxylic acid groups (broad SMARTS) is 1. The molecule has 4 rings (SSSR count). The summed E-state index contributed by atoms with van der Waals surface area (Å²) in [6.07, 6.45) is 2.82. The topological polar surface area (TPSA) is 110 Å². The Hall–Kier alpha value is -3.87. The lowest BCUT2D eigenvalue weighted by atomic mass is 9.99. The van der Waals surface area contributed by atoms with Gasteiger partial charge in [0.2, 0.25) is 5.91 Å². The van der Waals surface area contributed by atoms with Crippen LogP contribution in [-0.4, -0.2) is 23.0 Å². The van der Waals surface area contributed by atoms with Crippen molar-refractivity contribution in [2.45, 2.75) is 45.6 Å². The molecule has 0 unspecified atom stereocenters. The van der Waals surface area contributed by atoms with Crippen LogP contribution in [0.1, 0.15) is 37.3 Å². The van der Waals surface area contributed by atoms with Gasteiger partial charge < -0.3 is 19.3 Å². The summed E-state index contributed by atoms with van der Waals surface area (Å²) in [7, 11) is 0. The Morgan fingerprint density at radius 2 is 1.85 bits per heavy atom. The van der Waals surface area contributed by atoms with Crippen LogP contribution in [0.4, 0.5) is 0 Å². The van der Waals surface area contributed by atoms with Crippen molar-refractivity contribution in [1.82, 2.24) is 5.32 Å². The van der Waals surface area contributed by atoms with E-state index in [9.17, 15) is 19.5 Å². The molecule has 0 saturated carbocycles. The van der Waals surface area contributed by atoms with Crippen molar-refractivity contribution >= 4 is 33.8 Å². The third-order valence-corrected chi connectivity index (χ3v) is 5.88. The van der Waals surface area contributed by atoms with E-state index in [0.717, 1.165) is 27.5 Å². The van der Waals surface area contributed by atoms with E-state index in [2.05, 4.69) is 5.32 Å². The predicted octanol–water partition coefficient (Wildman–Crippen LogP) is 4.82. The first-order valence-corrected chi connectivity index (χ1v) is 10.9. The van der Waals surface area contributed by atoms with E-state index in [-0.39, 0.29) is 12.8 Å². The summed E-state index contributed by atoms with van der Waals surface area (Å²) in [4.78, 5) is 36.2. The van der Waals surface area contributed by atoms with Crippen molar-refractivity contribution in [3.05, 3.63) is 70.3 Å². The van der Waals surface area contributed by atoms with Gasteiger partial charge in [0.05, 0.1) is 6.26 Å². The zero-order chi connectivity index (χ0) is 23.5. The van der Waals surface area contributed by atoms with Gasteiger partial charge in [0.15, 0.2) is 0 Å². The van der Waals surface area contributed by atoms with Crippen LogP contribution in [0.5, 0.6) is 0 Å². The zero-order valence-electron chi connectivity index (χ0n) is 18.5. The minimum absolute atomic E-state index is 0.00613. The molecule has 0 bridgehead atoms. The van der Waals surface area contributed by atoms with Gasteiger partial charge in [0.25, 0.3) is 0 Å². The molecule has 33 heavy (non-hydrogen) atoms. The number of amides is 1. The Morgan fingerprint density at radius 3 is 2.55 bits per heavy atom. The molecule has 7 nitrogen and oxygen atoms in total. The van der Waals surface area contributed by atoms with Crippen LogP contribution in [0.3, 0.4) is 0 Å². The molecule has 1 amide bonds. The van der Waals surface area contributed by atoms with Gasteiger partial charge in [0.1, 0.15) is 17.2 Å². The van der Waals surface area contributed by atoms with Crippen LogP contribution in [0.15, 0.2) is 62.4 Å². The molecule has 0 radical (unpaired) electrons. The molecule has 4 aromatic rings. The van der Waals surface area contributed by atoms with Gasteiger partial charge in [-0.1, -0.05) is 43.7 Å². The first-order chi connectivity index (χ1) is 15.9. The Morgan fingerprint density at radius 1 is 1.09 bits per heavy atom. The SMILES string of the molecule is CCC[C@H](NC(=O)CCc1c(C)c2cc3c(-c4ccccc4)coc3cc2oc1=O)C(=O)O. The highest BCUT2D eigenvalue weighted by Gasteiger charge is 2.20. The van der Waals surface area contributed by atoms with E-state index in [0.29, 0.717) is 29.6 Å². The highest BCUT2D eigenvalue weighted by Crippen LogP contribution is 2.34. The molecule has 2 N–H and O–H groups in total. The third kappa shape index (κ3) is 4.53. The second-order valence-electron chi connectivity index (χ2n) is 8.10. The molecule has 0 aliphatic rings. The first-order valence-electron chi connectivity index (χ1n) is 10.9. The summed E-state index contributed by atoms with van der Waals surface area (Å²) in [6, 6.07) is 12.6. The molecule has 0 aliphatic heterocycles. The van der Waals surface area contributed by atoms with Gasteiger partial charge in [-0.05, 0) is 37.0 Å². The van der Waals surface area contributed by atoms with Crippen molar-refractivity contribution in [3.63, 3.8) is 0 Å². The summed E-state index contributed by atoms with van der Waals surface area (Å²) in [5.41, 5.74) is 3.62. The van der Waals surface area contributed by atoms with E-state index < -0.39 is 23.5 Å². The molecule has 2 aromatic heterocycles. The number of rotatable bonds is 8. The number of carbonyl (C=O) groups excluding carboxylic acids is 1. The van der Waals surface area contributed by atoms with E-state index >= 15 is 0 Å². The van der Waals surface area contributed by atoms with Gasteiger partial charge in [-0.2, -0.15) is 0 Å². The second kappa shape index (κ2) is 9.32. The fourth-order valence-electron chi connectivity index (χ4n) is 4.09. The van der Waals surface area contributed by atoms with Crippen molar-refractivity contribution in [2.24, 2.45) is 0 Å². The predicted molar refractivity (Wildman–Crippen MR) is 125 cm³/mol. The highest BCUT2D eigenvalue weighted by atomic mass is 16.4. The molecule has 0 fully saturated rings. The average molecular weight is 447 g/mol. The van der Waals surface area contributed by atoms with Crippen LogP contribution in [-0.2, 0) is 16.0 Å². The quantitative estimate of drug-likeness (QED) is 0.375. The van der Waals surface area contributed by atoms with Gasteiger partial charge in [-0.15, -0.1) is 0 Å². The molecule has 2 aromatic carbocycles. The van der Waals surface area contributed by atoms with Gasteiger partial charge in [0, 0.05) is 34.4 Å². The smallest absolute Gasteiger partial charge is 0.339 e. The second-order valence-corrected chi connectivity index (χ2v) is 8.10. The number of nitrogens with one attached hydrogen (secondary N) is 1. The number of aryl methyl sites for hydroxylation is 1. The molecular formula is C26H25NO6. The average Bonchev–Trinajstić information content (AvgIpc) is 3.21. The summed E-state index contributed by atoms with van der Waals surface area (Å²) in [6.45, 7) is 3.68. The Balaban J connectivity index is 1.65. The standard InChI is InChI=1S/C26H25NO6/c1-3-7-21(25(29)30)27-24(28)11-10-17-15(2)18-12-19-20(16-8-5-4-6-9-16)14-32-22(19)13-23(18)33-26(17)31/h4-6,8-9,12-14,21H,3,7,10-11H2,1-2H3,(H,27,28)(H,29,30)/t21-/m0/s1. The van der Waals surface area contributed by atoms with Crippen molar-refractivity contribution < 1.29 is 23.5 Å². The maximum Gasteiger partial charge on any atom is 0.339 e. The van der Waals surface area contributed by atoms with E-state index in [4.69, 9.17) is 8.83 Å². The largest absolute Gasteiger partial charge is 0.480 e. The van der Waals surface area contributed by atoms with Gasteiger partial charge in [-0.25, -0.2) is 9.59 Å². The Kier molecular flexibility index (Phi) is 6.31. The third-order valence-electron chi connectivity index (χ3n) is 5.88. The Labute approximate surface area is 190 Å². The van der Waals surface area contributed by atoms with Crippen LogP contribution in [0.2, 0.25) is 0 Å². The monoisotopic (exact) mass is 447 g/mol. The molecule has 2 heterocycles. The van der Waals surface area contributed by atoms with Crippen molar-refractivity contribution in [1.29, 1.82) is 0 Å². The highest BCUT2D eigenvalue weighted by molar-refractivity contribution is 6.02. The van der Waals surface area contributed by atoms with Crippen LogP contribution in [0, 0.1) is 6.92 Å². The molecular weight excluding hydrogens is 422 g/mol. The fraction of sp³-hybridized carbons (Fsp3) is 0.269. The molecule has 0 spiro atoms. The molecule has 1 atom stereocenters. The summed E-state index contributed by atoms with van der Waals surface area (Å²) < 4.78 is 11.3. The number of hydrogen-bond acceptors (Lipinski definition) is 5. The molecule has 170 valence electrons. The fourth-order valence-corrected chi connectivity index (χ4v) is 4.09. The van der Waals surface area contributed by atoms with E-state index in [1.165, 1.54) is 0 Å². The zero-order valence-corrected chi connectivity index (χ0v) is 18.5.